The molecule has 25 heavy (non-hydrogen) atoms. The number of amides is 1. The minimum atomic E-state index is -0.238. The third-order valence-electron chi connectivity index (χ3n) is 3.81. The highest BCUT2D eigenvalue weighted by Crippen LogP contribution is 2.27. The maximum Gasteiger partial charge on any atom is 0.280 e. The Labute approximate surface area is 167 Å². The van der Waals surface area contributed by atoms with Gasteiger partial charge in [0.1, 0.15) is 0 Å². The molecular formula is C19H16Br2N2OS. The summed E-state index contributed by atoms with van der Waals surface area (Å²) >= 11 is 8.43. The summed E-state index contributed by atoms with van der Waals surface area (Å²) in [4.78, 5) is 18.8. The maximum absolute atomic E-state index is 12.6. The fourth-order valence-corrected chi connectivity index (χ4v) is 4.43. The van der Waals surface area contributed by atoms with E-state index in [0.717, 1.165) is 36.4 Å². The van der Waals surface area contributed by atoms with E-state index in [1.54, 1.807) is 17.4 Å². The fourth-order valence-electron chi connectivity index (χ4n) is 2.65. The van der Waals surface area contributed by atoms with E-state index in [-0.39, 0.29) is 5.91 Å². The highest BCUT2D eigenvalue weighted by Gasteiger charge is 2.14. The molecule has 0 aliphatic rings. The number of carbonyl (C=O) groups is 1. The van der Waals surface area contributed by atoms with Gasteiger partial charge in [-0.15, -0.1) is 11.3 Å². The molecule has 3 rings (SSSR count). The van der Waals surface area contributed by atoms with Gasteiger partial charge in [0.05, 0.1) is 11.3 Å². The second kappa shape index (κ2) is 7.81. The van der Waals surface area contributed by atoms with E-state index in [2.05, 4.69) is 67.4 Å². The molecule has 0 bridgehead atoms. The smallest absolute Gasteiger partial charge is 0.280 e. The van der Waals surface area contributed by atoms with Gasteiger partial charge in [-0.3, -0.25) is 4.79 Å². The zero-order chi connectivity index (χ0) is 18.0. The minimum absolute atomic E-state index is 0.238. The highest BCUT2D eigenvalue weighted by atomic mass is 79.9. The van der Waals surface area contributed by atoms with Crippen molar-refractivity contribution in [1.29, 1.82) is 0 Å². The zero-order valence-corrected chi connectivity index (χ0v) is 17.8. The minimum Gasteiger partial charge on any atom is -0.316 e. The Balaban J connectivity index is 2.12. The Morgan fingerprint density at radius 3 is 2.44 bits per heavy atom. The maximum atomic E-state index is 12.6. The van der Waals surface area contributed by atoms with Crippen LogP contribution in [0.5, 0.6) is 0 Å². The summed E-state index contributed by atoms with van der Waals surface area (Å²) in [7, 11) is 0. The van der Waals surface area contributed by atoms with Crippen LogP contribution in [0.2, 0.25) is 0 Å². The van der Waals surface area contributed by atoms with E-state index in [0.29, 0.717) is 5.56 Å². The van der Waals surface area contributed by atoms with Crippen LogP contribution >= 0.6 is 43.2 Å². The third-order valence-corrected chi connectivity index (χ3v) is 6.03. The normalized spacial score (nSPS) is 11.8. The molecule has 0 fully saturated rings. The van der Waals surface area contributed by atoms with E-state index < -0.39 is 0 Å². The Morgan fingerprint density at radius 1 is 1.12 bits per heavy atom. The van der Waals surface area contributed by atoms with Crippen molar-refractivity contribution in [3.63, 3.8) is 0 Å². The first-order chi connectivity index (χ1) is 12.0. The molecule has 0 aliphatic carbocycles. The van der Waals surface area contributed by atoms with Crippen LogP contribution in [0.15, 0.2) is 62.5 Å². The largest absolute Gasteiger partial charge is 0.316 e. The molecule has 0 spiro atoms. The number of aromatic nitrogens is 1. The van der Waals surface area contributed by atoms with Crippen LogP contribution in [-0.4, -0.2) is 10.5 Å². The average Bonchev–Trinajstić information content (AvgIpc) is 2.91. The molecule has 0 saturated heterocycles. The molecule has 3 nitrogen and oxygen atoms in total. The van der Waals surface area contributed by atoms with Gasteiger partial charge >= 0.3 is 0 Å². The zero-order valence-electron chi connectivity index (χ0n) is 13.8. The van der Waals surface area contributed by atoms with Gasteiger partial charge in [0.25, 0.3) is 5.91 Å². The number of carbonyl (C=O) groups excluding carboxylic acids is 1. The lowest BCUT2D eigenvalue weighted by atomic mass is 10.1. The monoisotopic (exact) mass is 478 g/mol. The number of aryl methyl sites for hydroxylation is 1. The standard InChI is InChI=1S/C19H16Br2N2OS/c1-3-23-17(13-8-10-14(20)11-9-13)12(2)25-19(23)22-18(24)15-6-4-5-7-16(15)21/h4-11H,3H2,1-2H3. The van der Waals surface area contributed by atoms with Gasteiger partial charge in [0.15, 0.2) is 4.80 Å². The van der Waals surface area contributed by atoms with Crippen molar-refractivity contribution in [3.05, 3.63) is 72.7 Å². The number of thiazole rings is 1. The highest BCUT2D eigenvalue weighted by molar-refractivity contribution is 9.10. The quantitative estimate of drug-likeness (QED) is 0.466. The Morgan fingerprint density at radius 2 is 1.80 bits per heavy atom. The van der Waals surface area contributed by atoms with Crippen molar-refractivity contribution in [3.8, 4) is 11.3 Å². The molecule has 128 valence electrons. The van der Waals surface area contributed by atoms with Gasteiger partial charge in [-0.1, -0.05) is 40.2 Å². The molecule has 1 amide bonds. The molecular weight excluding hydrogens is 464 g/mol. The average molecular weight is 480 g/mol. The van der Waals surface area contributed by atoms with Gasteiger partial charge in [0, 0.05) is 20.4 Å². The van der Waals surface area contributed by atoms with Crippen molar-refractivity contribution < 1.29 is 4.79 Å². The molecule has 6 heteroatoms. The van der Waals surface area contributed by atoms with Gasteiger partial charge in [-0.2, -0.15) is 4.99 Å². The van der Waals surface area contributed by atoms with E-state index >= 15 is 0 Å². The predicted molar refractivity (Wildman–Crippen MR) is 110 cm³/mol. The molecule has 1 heterocycles. The second-order valence-electron chi connectivity index (χ2n) is 5.44. The summed E-state index contributed by atoms with van der Waals surface area (Å²) in [5.74, 6) is -0.238. The van der Waals surface area contributed by atoms with E-state index in [4.69, 9.17) is 0 Å². The Bertz CT molecular complexity index is 987. The van der Waals surface area contributed by atoms with Crippen LogP contribution in [0.3, 0.4) is 0 Å². The Kier molecular flexibility index (Phi) is 5.71. The van der Waals surface area contributed by atoms with Crippen molar-refractivity contribution in [1.82, 2.24) is 4.57 Å². The molecule has 0 N–H and O–H groups in total. The summed E-state index contributed by atoms with van der Waals surface area (Å²) in [5, 5.41) is 0. The van der Waals surface area contributed by atoms with Crippen molar-refractivity contribution >= 4 is 49.1 Å². The van der Waals surface area contributed by atoms with E-state index in [1.807, 2.05) is 30.3 Å². The van der Waals surface area contributed by atoms with Crippen LogP contribution in [-0.2, 0) is 6.54 Å². The van der Waals surface area contributed by atoms with E-state index in [9.17, 15) is 4.79 Å². The van der Waals surface area contributed by atoms with Gasteiger partial charge in [-0.05, 0) is 59.6 Å². The molecule has 0 unspecified atom stereocenters. The molecule has 3 aromatic rings. The Hall–Kier alpha value is -1.50. The van der Waals surface area contributed by atoms with Crippen LogP contribution in [0.4, 0.5) is 0 Å². The fraction of sp³-hybridized carbons (Fsp3) is 0.158. The van der Waals surface area contributed by atoms with Crippen molar-refractivity contribution in [2.75, 3.05) is 0 Å². The topological polar surface area (TPSA) is 34.4 Å². The molecule has 1 aromatic heterocycles. The molecule has 0 saturated carbocycles. The van der Waals surface area contributed by atoms with Gasteiger partial charge < -0.3 is 4.57 Å². The number of hydrogen-bond donors (Lipinski definition) is 0. The SMILES string of the molecule is CCn1c(-c2ccc(Br)cc2)c(C)sc1=NC(=O)c1ccccc1Br. The molecule has 2 aromatic carbocycles. The summed E-state index contributed by atoms with van der Waals surface area (Å²) in [6.07, 6.45) is 0. The van der Waals surface area contributed by atoms with Crippen LogP contribution in [0.1, 0.15) is 22.2 Å². The van der Waals surface area contributed by atoms with Crippen LogP contribution < -0.4 is 4.80 Å². The third kappa shape index (κ3) is 3.86. The predicted octanol–water partition coefficient (Wildman–Crippen LogP) is 5.81. The van der Waals surface area contributed by atoms with E-state index in [1.165, 1.54) is 0 Å². The number of benzene rings is 2. The summed E-state index contributed by atoms with van der Waals surface area (Å²) in [6, 6.07) is 15.6. The second-order valence-corrected chi connectivity index (χ2v) is 8.39. The van der Waals surface area contributed by atoms with Crippen LogP contribution in [0.25, 0.3) is 11.3 Å². The molecule has 0 aliphatic heterocycles. The summed E-state index contributed by atoms with van der Waals surface area (Å²) in [5.41, 5.74) is 2.80. The lowest BCUT2D eigenvalue weighted by Crippen LogP contribution is -2.17. The molecule has 0 atom stereocenters. The van der Waals surface area contributed by atoms with Gasteiger partial charge in [-0.25, -0.2) is 0 Å². The summed E-state index contributed by atoms with van der Waals surface area (Å²) < 4.78 is 3.90. The lowest BCUT2D eigenvalue weighted by molar-refractivity contribution is 0.0997. The first kappa shape index (κ1) is 18.3. The van der Waals surface area contributed by atoms with Crippen LogP contribution in [0, 0.1) is 6.92 Å². The first-order valence-corrected chi connectivity index (χ1v) is 10.2. The lowest BCUT2D eigenvalue weighted by Gasteiger charge is -2.08. The summed E-state index contributed by atoms with van der Waals surface area (Å²) in [6.45, 7) is 4.88. The number of hydrogen-bond acceptors (Lipinski definition) is 2. The van der Waals surface area contributed by atoms with Gasteiger partial charge in [0.2, 0.25) is 0 Å². The number of rotatable bonds is 3. The first-order valence-electron chi connectivity index (χ1n) is 7.81. The van der Waals surface area contributed by atoms with Crippen molar-refractivity contribution in [2.45, 2.75) is 20.4 Å². The molecule has 0 radical (unpaired) electrons. The number of halogens is 2. The van der Waals surface area contributed by atoms with Crippen molar-refractivity contribution in [2.24, 2.45) is 4.99 Å². The number of nitrogens with zero attached hydrogens (tertiary/aromatic N) is 2.